The highest BCUT2D eigenvalue weighted by Gasteiger charge is 1.96. The molecule has 0 aliphatic carbocycles. The number of hydrogen-bond acceptors (Lipinski definition) is 2. The van der Waals surface area contributed by atoms with Crippen molar-refractivity contribution in [3.05, 3.63) is 54.6 Å². The molecule has 1 N–H and O–H groups in total. The Bertz CT molecular complexity index is 406. The fourth-order valence-electron chi connectivity index (χ4n) is 1.45. The van der Waals surface area contributed by atoms with E-state index in [0.29, 0.717) is 5.75 Å². The Morgan fingerprint density at radius 2 is 1.40 bits per heavy atom. The molecule has 0 aromatic heterocycles. The Balaban J connectivity index is 2.24. The highest BCUT2D eigenvalue weighted by Crippen LogP contribution is 2.21. The number of hydrogen-bond donors (Lipinski definition) is 1. The van der Waals surface area contributed by atoms with Gasteiger partial charge in [0.1, 0.15) is 5.75 Å². The summed E-state index contributed by atoms with van der Waals surface area (Å²) in [6.07, 6.45) is 0. The van der Waals surface area contributed by atoms with Crippen molar-refractivity contribution in [2.75, 3.05) is 6.79 Å². The molecule has 0 bridgehead atoms. The van der Waals surface area contributed by atoms with Crippen LogP contribution < -0.4 is 4.74 Å². The van der Waals surface area contributed by atoms with Crippen LogP contribution in [-0.4, -0.2) is 11.9 Å². The fraction of sp³-hybridized carbons (Fsp3) is 0.0769. The van der Waals surface area contributed by atoms with Gasteiger partial charge in [0.2, 0.25) is 0 Å². The van der Waals surface area contributed by atoms with Gasteiger partial charge in [-0.15, -0.1) is 0 Å². The Morgan fingerprint density at radius 1 is 0.800 bits per heavy atom. The lowest BCUT2D eigenvalue weighted by atomic mass is 10.1. The largest absolute Gasteiger partial charge is 0.468 e. The minimum absolute atomic E-state index is 0.287. The van der Waals surface area contributed by atoms with Crippen LogP contribution in [0.2, 0.25) is 0 Å². The summed E-state index contributed by atoms with van der Waals surface area (Å²) in [6, 6.07) is 17.8. The first-order valence-corrected chi connectivity index (χ1v) is 4.79. The number of benzene rings is 2. The highest BCUT2D eigenvalue weighted by molar-refractivity contribution is 5.63. The zero-order valence-electron chi connectivity index (χ0n) is 8.26. The van der Waals surface area contributed by atoms with Gasteiger partial charge in [0.15, 0.2) is 6.79 Å². The molecule has 0 fully saturated rings. The standard InChI is InChI=1S/C13H12O2/c14-10-15-13-8-6-12(7-9-13)11-4-2-1-3-5-11/h1-9,14H,10H2. The summed E-state index contributed by atoms with van der Waals surface area (Å²) in [5.74, 6) is 0.678. The van der Waals surface area contributed by atoms with Crippen molar-refractivity contribution in [2.24, 2.45) is 0 Å². The second kappa shape index (κ2) is 4.62. The van der Waals surface area contributed by atoms with E-state index in [1.165, 1.54) is 5.56 Å². The molecule has 0 spiro atoms. The van der Waals surface area contributed by atoms with Gasteiger partial charge in [-0.05, 0) is 23.3 Å². The maximum absolute atomic E-state index is 8.58. The Kier molecular flexibility index (Phi) is 3.00. The van der Waals surface area contributed by atoms with E-state index < -0.39 is 0 Å². The summed E-state index contributed by atoms with van der Waals surface area (Å²) in [6.45, 7) is -0.287. The molecule has 0 radical (unpaired) electrons. The monoisotopic (exact) mass is 200 g/mol. The van der Waals surface area contributed by atoms with Crippen molar-refractivity contribution in [2.45, 2.75) is 0 Å². The van der Waals surface area contributed by atoms with E-state index >= 15 is 0 Å². The average molecular weight is 200 g/mol. The van der Waals surface area contributed by atoms with Gasteiger partial charge in [-0.25, -0.2) is 0 Å². The van der Waals surface area contributed by atoms with E-state index in [9.17, 15) is 0 Å². The number of rotatable bonds is 3. The Labute approximate surface area is 88.8 Å². The van der Waals surface area contributed by atoms with Gasteiger partial charge in [-0.1, -0.05) is 42.5 Å². The molecule has 2 aromatic rings. The lowest BCUT2D eigenvalue weighted by Crippen LogP contribution is -1.93. The maximum atomic E-state index is 8.58. The molecule has 2 aromatic carbocycles. The molecule has 0 heterocycles. The van der Waals surface area contributed by atoms with Crippen LogP contribution in [0, 0.1) is 0 Å². The summed E-state index contributed by atoms with van der Waals surface area (Å²) < 4.78 is 4.95. The third-order valence-corrected chi connectivity index (χ3v) is 2.19. The van der Waals surface area contributed by atoms with Crippen LogP contribution in [0.3, 0.4) is 0 Å². The second-order valence-corrected chi connectivity index (χ2v) is 3.16. The molecule has 0 saturated heterocycles. The molecule has 2 rings (SSSR count). The molecule has 0 aliphatic heterocycles. The minimum atomic E-state index is -0.287. The van der Waals surface area contributed by atoms with Crippen LogP contribution in [0.15, 0.2) is 54.6 Å². The second-order valence-electron chi connectivity index (χ2n) is 3.16. The first-order chi connectivity index (χ1) is 7.40. The summed E-state index contributed by atoms with van der Waals surface area (Å²) >= 11 is 0. The van der Waals surface area contributed by atoms with Gasteiger partial charge >= 0.3 is 0 Å². The van der Waals surface area contributed by atoms with E-state index in [0.717, 1.165) is 5.56 Å². The average Bonchev–Trinajstić information content (AvgIpc) is 2.32. The van der Waals surface area contributed by atoms with Gasteiger partial charge in [0.25, 0.3) is 0 Å². The molecule has 76 valence electrons. The van der Waals surface area contributed by atoms with Crippen molar-refractivity contribution in [3.63, 3.8) is 0 Å². The third-order valence-electron chi connectivity index (χ3n) is 2.19. The van der Waals surface area contributed by atoms with Gasteiger partial charge < -0.3 is 9.84 Å². The highest BCUT2D eigenvalue weighted by atomic mass is 16.6. The molecular weight excluding hydrogens is 188 g/mol. The van der Waals surface area contributed by atoms with Crippen LogP contribution in [0.25, 0.3) is 11.1 Å². The molecular formula is C13H12O2. The zero-order valence-corrected chi connectivity index (χ0v) is 8.26. The summed E-state index contributed by atoms with van der Waals surface area (Å²) in [5.41, 5.74) is 2.31. The SMILES string of the molecule is OCOc1ccc(-c2ccccc2)cc1. The smallest absolute Gasteiger partial charge is 0.186 e. The maximum Gasteiger partial charge on any atom is 0.186 e. The van der Waals surface area contributed by atoms with Crippen LogP contribution in [0.1, 0.15) is 0 Å². The van der Waals surface area contributed by atoms with Crippen molar-refractivity contribution >= 4 is 0 Å². The molecule has 0 amide bonds. The number of aliphatic hydroxyl groups excluding tert-OH is 1. The molecule has 2 heteroatoms. The van der Waals surface area contributed by atoms with Crippen molar-refractivity contribution in [3.8, 4) is 16.9 Å². The summed E-state index contributed by atoms with van der Waals surface area (Å²) in [7, 11) is 0. The van der Waals surface area contributed by atoms with Crippen LogP contribution in [-0.2, 0) is 0 Å². The normalized spacial score (nSPS) is 9.93. The number of aliphatic hydroxyl groups is 1. The van der Waals surface area contributed by atoms with Crippen LogP contribution >= 0.6 is 0 Å². The molecule has 0 saturated carbocycles. The fourth-order valence-corrected chi connectivity index (χ4v) is 1.45. The lowest BCUT2D eigenvalue weighted by molar-refractivity contribution is 0.0985. The quantitative estimate of drug-likeness (QED) is 0.772. The van der Waals surface area contributed by atoms with E-state index in [-0.39, 0.29) is 6.79 Å². The van der Waals surface area contributed by atoms with E-state index in [4.69, 9.17) is 9.84 Å². The predicted octanol–water partition coefficient (Wildman–Crippen LogP) is 2.68. The third kappa shape index (κ3) is 2.36. The molecule has 0 unspecified atom stereocenters. The Morgan fingerprint density at radius 3 is 2.00 bits per heavy atom. The molecule has 0 aliphatic rings. The van der Waals surface area contributed by atoms with Gasteiger partial charge in [0, 0.05) is 0 Å². The van der Waals surface area contributed by atoms with Gasteiger partial charge in [-0.2, -0.15) is 0 Å². The van der Waals surface area contributed by atoms with Gasteiger partial charge in [-0.3, -0.25) is 0 Å². The summed E-state index contributed by atoms with van der Waals surface area (Å²) in [4.78, 5) is 0. The summed E-state index contributed by atoms with van der Waals surface area (Å²) in [5, 5.41) is 8.58. The first kappa shape index (κ1) is 9.74. The molecule has 0 atom stereocenters. The van der Waals surface area contributed by atoms with Crippen LogP contribution in [0.5, 0.6) is 5.75 Å². The van der Waals surface area contributed by atoms with E-state index in [1.54, 1.807) is 0 Å². The minimum Gasteiger partial charge on any atom is -0.468 e. The van der Waals surface area contributed by atoms with Crippen molar-refractivity contribution in [1.82, 2.24) is 0 Å². The van der Waals surface area contributed by atoms with Crippen molar-refractivity contribution in [1.29, 1.82) is 0 Å². The predicted molar refractivity (Wildman–Crippen MR) is 59.6 cm³/mol. The molecule has 2 nitrogen and oxygen atoms in total. The number of ether oxygens (including phenoxy) is 1. The van der Waals surface area contributed by atoms with Gasteiger partial charge in [0.05, 0.1) is 0 Å². The van der Waals surface area contributed by atoms with Crippen LogP contribution in [0.4, 0.5) is 0 Å². The Hall–Kier alpha value is -1.80. The lowest BCUT2D eigenvalue weighted by Gasteiger charge is -2.04. The van der Waals surface area contributed by atoms with E-state index in [2.05, 4.69) is 12.1 Å². The zero-order chi connectivity index (χ0) is 10.5. The molecule has 15 heavy (non-hydrogen) atoms. The van der Waals surface area contributed by atoms with E-state index in [1.807, 2.05) is 42.5 Å². The van der Waals surface area contributed by atoms with Crippen molar-refractivity contribution < 1.29 is 9.84 Å². The first-order valence-electron chi connectivity index (χ1n) is 4.79. The topological polar surface area (TPSA) is 29.5 Å².